The number of primary amides is 1. The number of carbonyl (C=O) groups is 5. The van der Waals surface area contributed by atoms with Crippen LogP contribution in [0.1, 0.15) is 19.8 Å². The number of carboxylic acid groups (broad SMARTS) is 1. The lowest BCUT2D eigenvalue weighted by Gasteiger charge is -2.19. The molecule has 0 fully saturated rings. The number of nitrogens with one attached hydrogen (secondary N) is 3. The zero-order valence-electron chi connectivity index (χ0n) is 12.6. The molecule has 11 heteroatoms. The Bertz CT molecular complexity index is 481. The molecule has 11 nitrogen and oxygen atoms in total. The maximum absolute atomic E-state index is 12.0. The van der Waals surface area contributed by atoms with E-state index in [0.717, 1.165) is 0 Å². The molecule has 0 aromatic rings. The summed E-state index contributed by atoms with van der Waals surface area (Å²) in [6.45, 7) is 0.536. The van der Waals surface area contributed by atoms with Gasteiger partial charge in [-0.1, -0.05) is 0 Å². The summed E-state index contributed by atoms with van der Waals surface area (Å²) in [4.78, 5) is 56.1. The molecule has 0 spiro atoms. The third-order valence-electron chi connectivity index (χ3n) is 2.69. The van der Waals surface area contributed by atoms with Crippen LogP contribution in [-0.2, 0) is 24.0 Å². The number of amides is 4. The molecule has 0 bridgehead atoms. The van der Waals surface area contributed by atoms with Crippen molar-refractivity contribution in [1.82, 2.24) is 16.0 Å². The molecule has 0 aliphatic carbocycles. The van der Waals surface area contributed by atoms with E-state index in [9.17, 15) is 24.0 Å². The first-order valence-corrected chi connectivity index (χ1v) is 6.75. The molecule has 8 N–H and O–H groups in total. The molecule has 0 aromatic carbocycles. The molecule has 0 aliphatic rings. The number of aliphatic carboxylic acids is 1. The molecular formula is C12H21N5O6. The van der Waals surface area contributed by atoms with E-state index in [-0.39, 0.29) is 19.4 Å². The summed E-state index contributed by atoms with van der Waals surface area (Å²) >= 11 is 0. The van der Waals surface area contributed by atoms with Gasteiger partial charge >= 0.3 is 5.97 Å². The first-order chi connectivity index (χ1) is 10.7. The number of carbonyl (C=O) groups excluding carboxylic acids is 4. The van der Waals surface area contributed by atoms with Crippen molar-refractivity contribution in [2.45, 2.75) is 31.8 Å². The molecule has 4 amide bonds. The average molecular weight is 331 g/mol. The van der Waals surface area contributed by atoms with E-state index in [0.29, 0.717) is 0 Å². The zero-order chi connectivity index (χ0) is 18.0. The van der Waals surface area contributed by atoms with E-state index in [2.05, 4.69) is 16.0 Å². The lowest BCUT2D eigenvalue weighted by Crippen LogP contribution is -2.52. The minimum absolute atomic E-state index is 0.107. The van der Waals surface area contributed by atoms with Gasteiger partial charge in [-0.25, -0.2) is 0 Å². The van der Waals surface area contributed by atoms with Gasteiger partial charge < -0.3 is 32.5 Å². The van der Waals surface area contributed by atoms with Crippen LogP contribution in [0, 0.1) is 0 Å². The number of hydrogen-bond donors (Lipinski definition) is 6. The second-order valence-corrected chi connectivity index (χ2v) is 4.67. The van der Waals surface area contributed by atoms with Crippen LogP contribution in [0.5, 0.6) is 0 Å². The van der Waals surface area contributed by atoms with E-state index in [1.165, 1.54) is 6.92 Å². The molecule has 0 saturated heterocycles. The second-order valence-electron chi connectivity index (χ2n) is 4.67. The van der Waals surface area contributed by atoms with Gasteiger partial charge in [-0.15, -0.1) is 0 Å². The third-order valence-corrected chi connectivity index (χ3v) is 2.69. The number of carboxylic acids is 1. The first-order valence-electron chi connectivity index (χ1n) is 6.75. The Morgan fingerprint density at radius 1 is 1.09 bits per heavy atom. The van der Waals surface area contributed by atoms with Crippen molar-refractivity contribution in [3.63, 3.8) is 0 Å². The van der Waals surface area contributed by atoms with Gasteiger partial charge in [0.25, 0.3) is 0 Å². The van der Waals surface area contributed by atoms with Crippen molar-refractivity contribution >= 4 is 29.6 Å². The third kappa shape index (κ3) is 9.03. The molecule has 0 aliphatic heterocycles. The van der Waals surface area contributed by atoms with Crippen molar-refractivity contribution in [3.05, 3.63) is 0 Å². The van der Waals surface area contributed by atoms with Crippen LogP contribution in [0.2, 0.25) is 0 Å². The highest BCUT2D eigenvalue weighted by atomic mass is 16.4. The Morgan fingerprint density at radius 2 is 1.70 bits per heavy atom. The number of hydrogen-bond acceptors (Lipinski definition) is 6. The van der Waals surface area contributed by atoms with Gasteiger partial charge in [-0.2, -0.15) is 0 Å². The SMILES string of the molecule is CC(NC(=O)C(CCC(N)=O)NC(=O)CNC(=O)CN)C(=O)O. The maximum atomic E-state index is 12.0. The molecule has 23 heavy (non-hydrogen) atoms. The second kappa shape index (κ2) is 10.1. The van der Waals surface area contributed by atoms with Crippen molar-refractivity contribution in [2.75, 3.05) is 13.1 Å². The molecule has 130 valence electrons. The van der Waals surface area contributed by atoms with Gasteiger partial charge in [0.05, 0.1) is 13.1 Å². The summed E-state index contributed by atoms with van der Waals surface area (Å²) in [6.07, 6.45) is -0.293. The molecule has 0 aromatic heterocycles. The Hall–Kier alpha value is -2.69. The van der Waals surface area contributed by atoms with Gasteiger partial charge in [-0.05, 0) is 13.3 Å². The van der Waals surface area contributed by atoms with Crippen LogP contribution in [0.15, 0.2) is 0 Å². The topological polar surface area (TPSA) is 194 Å². The first kappa shape index (κ1) is 20.3. The summed E-state index contributed by atoms with van der Waals surface area (Å²) < 4.78 is 0. The van der Waals surface area contributed by atoms with Crippen LogP contribution >= 0.6 is 0 Å². The highest BCUT2D eigenvalue weighted by molar-refractivity contribution is 5.92. The molecule has 0 saturated carbocycles. The molecule has 0 heterocycles. The van der Waals surface area contributed by atoms with Crippen LogP contribution in [0.25, 0.3) is 0 Å². The monoisotopic (exact) mass is 331 g/mol. The molecule has 2 atom stereocenters. The van der Waals surface area contributed by atoms with Crippen molar-refractivity contribution < 1.29 is 29.1 Å². The summed E-state index contributed by atoms with van der Waals surface area (Å²) in [5.41, 5.74) is 10.0. The van der Waals surface area contributed by atoms with E-state index >= 15 is 0 Å². The van der Waals surface area contributed by atoms with Gasteiger partial charge in [0.2, 0.25) is 23.6 Å². The van der Waals surface area contributed by atoms with Crippen LogP contribution < -0.4 is 27.4 Å². The molecule has 0 rings (SSSR count). The fourth-order valence-corrected chi connectivity index (χ4v) is 1.43. The fourth-order valence-electron chi connectivity index (χ4n) is 1.43. The predicted molar refractivity (Wildman–Crippen MR) is 77.7 cm³/mol. The highest BCUT2D eigenvalue weighted by Crippen LogP contribution is 1.99. The minimum atomic E-state index is -1.26. The predicted octanol–water partition coefficient (Wildman–Crippen LogP) is -3.60. The Morgan fingerprint density at radius 3 is 2.17 bits per heavy atom. The summed E-state index contributed by atoms with van der Waals surface area (Å²) in [5.74, 6) is -3.97. The van der Waals surface area contributed by atoms with Gasteiger partial charge in [-0.3, -0.25) is 24.0 Å². The molecular weight excluding hydrogens is 310 g/mol. The van der Waals surface area contributed by atoms with E-state index in [1.807, 2.05) is 0 Å². The average Bonchev–Trinajstić information content (AvgIpc) is 2.48. The van der Waals surface area contributed by atoms with Gasteiger partial charge in [0.1, 0.15) is 12.1 Å². The summed E-state index contributed by atoms with van der Waals surface area (Å²) in [7, 11) is 0. The van der Waals surface area contributed by atoms with Crippen molar-refractivity contribution in [2.24, 2.45) is 11.5 Å². The summed E-state index contributed by atoms with van der Waals surface area (Å²) in [6, 6.07) is -2.33. The van der Waals surface area contributed by atoms with Crippen molar-refractivity contribution in [1.29, 1.82) is 0 Å². The molecule has 2 unspecified atom stereocenters. The van der Waals surface area contributed by atoms with Crippen LogP contribution in [-0.4, -0.2) is 59.9 Å². The molecule has 0 radical (unpaired) electrons. The number of nitrogens with two attached hydrogens (primary N) is 2. The normalized spacial score (nSPS) is 12.6. The Kier molecular flexibility index (Phi) is 8.92. The highest BCUT2D eigenvalue weighted by Gasteiger charge is 2.24. The van der Waals surface area contributed by atoms with Crippen LogP contribution in [0.3, 0.4) is 0 Å². The van der Waals surface area contributed by atoms with E-state index in [1.54, 1.807) is 0 Å². The van der Waals surface area contributed by atoms with E-state index in [4.69, 9.17) is 16.6 Å². The smallest absolute Gasteiger partial charge is 0.325 e. The summed E-state index contributed by atoms with van der Waals surface area (Å²) in [5, 5.41) is 15.4. The lowest BCUT2D eigenvalue weighted by atomic mass is 10.1. The minimum Gasteiger partial charge on any atom is -0.480 e. The maximum Gasteiger partial charge on any atom is 0.325 e. The van der Waals surface area contributed by atoms with Crippen molar-refractivity contribution in [3.8, 4) is 0 Å². The largest absolute Gasteiger partial charge is 0.480 e. The van der Waals surface area contributed by atoms with Gasteiger partial charge in [0, 0.05) is 6.42 Å². The zero-order valence-corrected chi connectivity index (χ0v) is 12.6. The van der Waals surface area contributed by atoms with Crippen LogP contribution in [0.4, 0.5) is 0 Å². The lowest BCUT2D eigenvalue weighted by molar-refractivity contribution is -0.141. The number of rotatable bonds is 10. The fraction of sp³-hybridized carbons (Fsp3) is 0.583. The van der Waals surface area contributed by atoms with Gasteiger partial charge in [0.15, 0.2) is 0 Å². The Labute approximate surface area is 132 Å². The standard InChI is InChI=1S/C12H21N5O6/c1-6(12(22)23)16-11(21)7(2-3-8(14)18)17-10(20)5-15-9(19)4-13/h6-7H,2-5,13H2,1H3,(H2,14,18)(H,15,19)(H,16,21)(H,17,20)(H,22,23). The van der Waals surface area contributed by atoms with E-state index < -0.39 is 48.2 Å². The quantitative estimate of drug-likeness (QED) is 0.238. The Balaban J connectivity index is 4.69.